The molecule has 2 aromatic carbocycles. The van der Waals surface area contributed by atoms with Crippen LogP contribution in [0.15, 0.2) is 54.7 Å². The molecule has 0 spiro atoms. The molecular weight excluding hydrogens is 258 g/mol. The van der Waals surface area contributed by atoms with Crippen LogP contribution in [0, 0.1) is 0 Å². The number of fused-ring (bicyclic) bond motifs is 1. The van der Waals surface area contributed by atoms with Crippen molar-refractivity contribution in [3.8, 4) is 0 Å². The van der Waals surface area contributed by atoms with Crippen molar-refractivity contribution in [2.24, 2.45) is 5.73 Å². The van der Waals surface area contributed by atoms with Crippen LogP contribution in [0.3, 0.4) is 0 Å². The molecule has 19 heavy (non-hydrogen) atoms. The molecule has 3 rings (SSSR count). The Labute approximate surface area is 116 Å². The average Bonchev–Trinajstić information content (AvgIpc) is 2.46. The Morgan fingerprint density at radius 1 is 0.947 bits per heavy atom. The third-order valence-electron chi connectivity index (χ3n) is 3.03. The number of halogens is 1. The van der Waals surface area contributed by atoms with E-state index in [0.29, 0.717) is 10.7 Å². The maximum absolute atomic E-state index is 6.22. The summed E-state index contributed by atoms with van der Waals surface area (Å²) in [6.45, 7) is 0. The second kappa shape index (κ2) is 4.96. The van der Waals surface area contributed by atoms with Gasteiger partial charge in [0.2, 0.25) is 0 Å². The van der Waals surface area contributed by atoms with Gasteiger partial charge in [-0.2, -0.15) is 0 Å². The summed E-state index contributed by atoms with van der Waals surface area (Å²) in [5.74, 6) is 0. The lowest BCUT2D eigenvalue weighted by Crippen LogP contribution is -2.14. The van der Waals surface area contributed by atoms with E-state index in [1.165, 1.54) is 0 Å². The Kier molecular flexibility index (Phi) is 3.15. The number of aromatic nitrogens is 2. The van der Waals surface area contributed by atoms with Crippen LogP contribution in [0.2, 0.25) is 5.02 Å². The molecule has 0 radical (unpaired) electrons. The number of rotatable bonds is 2. The maximum atomic E-state index is 6.22. The molecule has 1 atom stereocenters. The highest BCUT2D eigenvalue weighted by Gasteiger charge is 2.14. The normalized spacial score (nSPS) is 12.5. The van der Waals surface area contributed by atoms with Crippen molar-refractivity contribution in [2.75, 3.05) is 0 Å². The first-order valence-electron chi connectivity index (χ1n) is 5.97. The SMILES string of the molecule is NC(c1cnc2ccccc2n1)c1ccccc1Cl. The van der Waals surface area contributed by atoms with Crippen molar-refractivity contribution in [2.45, 2.75) is 6.04 Å². The van der Waals surface area contributed by atoms with Crippen molar-refractivity contribution in [3.63, 3.8) is 0 Å². The minimum Gasteiger partial charge on any atom is -0.319 e. The zero-order chi connectivity index (χ0) is 13.2. The van der Waals surface area contributed by atoms with Gasteiger partial charge in [-0.05, 0) is 23.8 Å². The lowest BCUT2D eigenvalue weighted by atomic mass is 10.0. The second-order valence-corrected chi connectivity index (χ2v) is 4.69. The van der Waals surface area contributed by atoms with Crippen LogP contribution >= 0.6 is 11.6 Å². The molecule has 0 aliphatic rings. The lowest BCUT2D eigenvalue weighted by Gasteiger charge is -2.13. The van der Waals surface area contributed by atoms with Crippen LogP contribution in [0.25, 0.3) is 11.0 Å². The molecule has 1 aromatic heterocycles. The van der Waals surface area contributed by atoms with E-state index in [4.69, 9.17) is 17.3 Å². The Bertz CT molecular complexity index is 727. The Balaban J connectivity index is 2.07. The molecular formula is C15H12ClN3. The van der Waals surface area contributed by atoms with Crippen molar-refractivity contribution >= 4 is 22.6 Å². The summed E-state index contributed by atoms with van der Waals surface area (Å²) < 4.78 is 0. The Morgan fingerprint density at radius 3 is 2.42 bits per heavy atom. The van der Waals surface area contributed by atoms with Crippen LogP contribution in [-0.2, 0) is 0 Å². The van der Waals surface area contributed by atoms with Crippen molar-refractivity contribution < 1.29 is 0 Å². The Morgan fingerprint density at radius 2 is 1.63 bits per heavy atom. The first-order valence-corrected chi connectivity index (χ1v) is 6.35. The molecule has 0 amide bonds. The molecule has 1 unspecified atom stereocenters. The van der Waals surface area contributed by atoms with Crippen LogP contribution in [0.4, 0.5) is 0 Å². The molecule has 3 aromatic rings. The van der Waals surface area contributed by atoms with E-state index < -0.39 is 0 Å². The van der Waals surface area contributed by atoms with Crippen molar-refractivity contribution in [1.29, 1.82) is 0 Å². The zero-order valence-electron chi connectivity index (χ0n) is 10.1. The second-order valence-electron chi connectivity index (χ2n) is 4.28. The highest BCUT2D eigenvalue weighted by atomic mass is 35.5. The molecule has 2 N–H and O–H groups in total. The summed E-state index contributed by atoms with van der Waals surface area (Å²) >= 11 is 6.16. The van der Waals surface area contributed by atoms with E-state index in [9.17, 15) is 0 Å². The summed E-state index contributed by atoms with van der Waals surface area (Å²) in [5.41, 5.74) is 9.49. The van der Waals surface area contributed by atoms with Crippen LogP contribution in [0.1, 0.15) is 17.3 Å². The first-order chi connectivity index (χ1) is 9.25. The smallest absolute Gasteiger partial charge is 0.0890 e. The summed E-state index contributed by atoms with van der Waals surface area (Å²) in [7, 11) is 0. The topological polar surface area (TPSA) is 51.8 Å². The molecule has 0 saturated carbocycles. The number of para-hydroxylation sites is 2. The van der Waals surface area contributed by atoms with E-state index >= 15 is 0 Å². The number of hydrogen-bond donors (Lipinski definition) is 1. The minimum absolute atomic E-state index is 0.370. The number of hydrogen-bond acceptors (Lipinski definition) is 3. The number of nitrogens with two attached hydrogens (primary N) is 1. The molecule has 4 heteroatoms. The van der Waals surface area contributed by atoms with Gasteiger partial charge >= 0.3 is 0 Å². The van der Waals surface area contributed by atoms with Crippen LogP contribution in [0.5, 0.6) is 0 Å². The van der Waals surface area contributed by atoms with Gasteiger partial charge in [0.25, 0.3) is 0 Å². The summed E-state index contributed by atoms with van der Waals surface area (Å²) in [6.07, 6.45) is 1.70. The van der Waals surface area contributed by atoms with Gasteiger partial charge in [-0.3, -0.25) is 4.98 Å². The van der Waals surface area contributed by atoms with Gasteiger partial charge in [-0.1, -0.05) is 41.9 Å². The van der Waals surface area contributed by atoms with E-state index in [1.807, 2.05) is 48.5 Å². The third-order valence-corrected chi connectivity index (χ3v) is 3.37. The Hall–Kier alpha value is -1.97. The van der Waals surface area contributed by atoms with Crippen LogP contribution < -0.4 is 5.73 Å². The molecule has 0 fully saturated rings. The minimum atomic E-state index is -0.370. The lowest BCUT2D eigenvalue weighted by molar-refractivity contribution is 0.828. The van der Waals surface area contributed by atoms with Gasteiger partial charge in [0.05, 0.1) is 29.0 Å². The summed E-state index contributed by atoms with van der Waals surface area (Å²) in [6, 6.07) is 14.9. The van der Waals surface area contributed by atoms with Gasteiger partial charge in [0.15, 0.2) is 0 Å². The largest absolute Gasteiger partial charge is 0.319 e. The van der Waals surface area contributed by atoms with Gasteiger partial charge in [-0.15, -0.1) is 0 Å². The number of benzene rings is 2. The predicted octanol–water partition coefficient (Wildman–Crippen LogP) is 3.33. The molecule has 0 aliphatic carbocycles. The van der Waals surface area contributed by atoms with Crippen molar-refractivity contribution in [3.05, 3.63) is 71.0 Å². The molecule has 0 bridgehead atoms. The fraction of sp³-hybridized carbons (Fsp3) is 0.0667. The fourth-order valence-corrected chi connectivity index (χ4v) is 2.26. The monoisotopic (exact) mass is 269 g/mol. The van der Waals surface area contributed by atoms with Gasteiger partial charge in [0.1, 0.15) is 0 Å². The van der Waals surface area contributed by atoms with E-state index in [1.54, 1.807) is 6.20 Å². The zero-order valence-corrected chi connectivity index (χ0v) is 10.9. The highest BCUT2D eigenvalue weighted by molar-refractivity contribution is 6.31. The van der Waals surface area contributed by atoms with E-state index in [0.717, 1.165) is 16.6 Å². The maximum Gasteiger partial charge on any atom is 0.0890 e. The van der Waals surface area contributed by atoms with Crippen molar-refractivity contribution in [1.82, 2.24) is 9.97 Å². The molecule has 94 valence electrons. The van der Waals surface area contributed by atoms with E-state index in [-0.39, 0.29) is 6.04 Å². The van der Waals surface area contributed by atoms with Gasteiger partial charge in [-0.25, -0.2) is 4.98 Å². The highest BCUT2D eigenvalue weighted by Crippen LogP contribution is 2.25. The summed E-state index contributed by atoms with van der Waals surface area (Å²) in [4.78, 5) is 8.92. The standard InChI is InChI=1S/C15H12ClN3/c16-11-6-2-1-5-10(11)15(17)14-9-18-12-7-3-4-8-13(12)19-14/h1-9,15H,17H2. The molecule has 1 heterocycles. The fourth-order valence-electron chi connectivity index (χ4n) is 2.01. The van der Waals surface area contributed by atoms with Crippen LogP contribution in [-0.4, -0.2) is 9.97 Å². The molecule has 0 aliphatic heterocycles. The quantitative estimate of drug-likeness (QED) is 0.776. The first kappa shape index (κ1) is 12.1. The third kappa shape index (κ3) is 2.30. The molecule has 0 saturated heterocycles. The van der Waals surface area contributed by atoms with Gasteiger partial charge < -0.3 is 5.73 Å². The van der Waals surface area contributed by atoms with E-state index in [2.05, 4.69) is 9.97 Å². The average molecular weight is 270 g/mol. The number of nitrogens with zero attached hydrogens (tertiary/aromatic N) is 2. The summed E-state index contributed by atoms with van der Waals surface area (Å²) in [5, 5.41) is 0.643. The van der Waals surface area contributed by atoms with Gasteiger partial charge in [0, 0.05) is 5.02 Å². The predicted molar refractivity (Wildman–Crippen MR) is 77.0 cm³/mol. The molecule has 3 nitrogen and oxygen atoms in total.